The second-order valence-corrected chi connectivity index (χ2v) is 6.28. The zero-order chi connectivity index (χ0) is 16.0. The third-order valence-electron chi connectivity index (χ3n) is 5.08. The van der Waals surface area contributed by atoms with Crippen LogP contribution in [-0.4, -0.2) is 23.5 Å². The van der Waals surface area contributed by atoms with E-state index in [1.165, 1.54) is 7.11 Å². The van der Waals surface area contributed by atoms with Crippen LogP contribution in [-0.2, 0) is 0 Å². The molecule has 2 aromatic carbocycles. The van der Waals surface area contributed by atoms with Crippen molar-refractivity contribution in [2.24, 2.45) is 0 Å². The molecule has 0 aromatic heterocycles. The Bertz CT molecular complexity index is 764. The van der Waals surface area contributed by atoms with Crippen LogP contribution >= 0.6 is 0 Å². The van der Waals surface area contributed by atoms with Crippen molar-refractivity contribution >= 4 is 17.2 Å². The van der Waals surface area contributed by atoms with Crippen molar-refractivity contribution in [2.45, 2.75) is 31.2 Å². The summed E-state index contributed by atoms with van der Waals surface area (Å²) in [6, 6.07) is 13.3. The molecule has 1 fully saturated rings. The number of nitrogens with zero attached hydrogens (tertiary/aromatic N) is 1. The standard InChI is InChI=1S/C19H19NO3/c1-23-17-11-14-15(12-16(17)21)20(13-7-3-2-4-8-13)19(18(14)22)9-5-6-10-19/h2-4,7-8,11-12,21H,5-6,9-10H2,1H3. The van der Waals surface area contributed by atoms with Crippen molar-refractivity contribution in [1.29, 1.82) is 0 Å². The van der Waals surface area contributed by atoms with E-state index in [4.69, 9.17) is 4.74 Å². The van der Waals surface area contributed by atoms with E-state index in [0.717, 1.165) is 37.1 Å². The van der Waals surface area contributed by atoms with Gasteiger partial charge in [0.25, 0.3) is 0 Å². The summed E-state index contributed by atoms with van der Waals surface area (Å²) >= 11 is 0. The summed E-state index contributed by atoms with van der Waals surface area (Å²) in [4.78, 5) is 15.3. The first-order valence-electron chi connectivity index (χ1n) is 7.98. The third kappa shape index (κ3) is 1.87. The number of phenols is 1. The van der Waals surface area contributed by atoms with E-state index < -0.39 is 5.54 Å². The summed E-state index contributed by atoms with van der Waals surface area (Å²) in [6.45, 7) is 0. The Labute approximate surface area is 135 Å². The molecule has 4 rings (SSSR count). The average Bonchev–Trinajstić information content (AvgIpc) is 3.14. The molecule has 0 unspecified atom stereocenters. The monoisotopic (exact) mass is 309 g/mol. The van der Waals surface area contributed by atoms with Crippen LogP contribution in [0.15, 0.2) is 42.5 Å². The van der Waals surface area contributed by atoms with Crippen LogP contribution in [0.1, 0.15) is 36.0 Å². The zero-order valence-corrected chi connectivity index (χ0v) is 13.1. The Hall–Kier alpha value is -2.49. The molecule has 1 saturated carbocycles. The number of anilines is 2. The lowest BCUT2D eigenvalue weighted by molar-refractivity contribution is 0.0909. The maximum Gasteiger partial charge on any atom is 0.190 e. The van der Waals surface area contributed by atoms with E-state index in [1.807, 2.05) is 30.3 Å². The lowest BCUT2D eigenvalue weighted by Gasteiger charge is -2.35. The smallest absolute Gasteiger partial charge is 0.190 e. The summed E-state index contributed by atoms with van der Waals surface area (Å²) in [5.41, 5.74) is 1.90. The van der Waals surface area contributed by atoms with Gasteiger partial charge >= 0.3 is 0 Å². The van der Waals surface area contributed by atoms with E-state index in [-0.39, 0.29) is 11.5 Å². The fraction of sp³-hybridized carbons (Fsp3) is 0.316. The summed E-state index contributed by atoms with van der Waals surface area (Å²) < 4.78 is 5.19. The molecule has 4 heteroatoms. The first kappa shape index (κ1) is 14.1. The van der Waals surface area contributed by atoms with Gasteiger partial charge in [-0.2, -0.15) is 0 Å². The summed E-state index contributed by atoms with van der Waals surface area (Å²) in [7, 11) is 1.50. The minimum atomic E-state index is -0.511. The molecule has 0 bridgehead atoms. The number of ketones is 1. The van der Waals surface area contributed by atoms with Crippen LogP contribution in [0.25, 0.3) is 0 Å². The second-order valence-electron chi connectivity index (χ2n) is 6.28. The number of para-hydroxylation sites is 1. The number of carbonyl (C=O) groups excluding carboxylic acids is 1. The Balaban J connectivity index is 1.96. The highest BCUT2D eigenvalue weighted by atomic mass is 16.5. The van der Waals surface area contributed by atoms with Gasteiger partial charge in [-0.05, 0) is 31.0 Å². The van der Waals surface area contributed by atoms with Crippen molar-refractivity contribution in [3.63, 3.8) is 0 Å². The van der Waals surface area contributed by atoms with Crippen molar-refractivity contribution in [1.82, 2.24) is 0 Å². The fourth-order valence-electron chi connectivity index (χ4n) is 4.04. The maximum atomic E-state index is 13.2. The molecule has 1 heterocycles. The second kappa shape index (κ2) is 5.01. The molecule has 0 radical (unpaired) electrons. The molecule has 1 aliphatic carbocycles. The molecule has 118 valence electrons. The Morgan fingerprint density at radius 3 is 2.48 bits per heavy atom. The molecule has 2 aromatic rings. The molecular weight excluding hydrogens is 290 g/mol. The summed E-state index contributed by atoms with van der Waals surface area (Å²) in [6.07, 6.45) is 3.79. The Kier molecular flexibility index (Phi) is 3.08. The fourth-order valence-corrected chi connectivity index (χ4v) is 4.04. The van der Waals surface area contributed by atoms with E-state index in [0.29, 0.717) is 11.3 Å². The van der Waals surface area contributed by atoms with Gasteiger partial charge in [-0.15, -0.1) is 0 Å². The van der Waals surface area contributed by atoms with Crippen molar-refractivity contribution in [3.05, 3.63) is 48.0 Å². The molecule has 1 spiro atoms. The largest absolute Gasteiger partial charge is 0.504 e. The van der Waals surface area contributed by atoms with Crippen molar-refractivity contribution in [3.8, 4) is 11.5 Å². The van der Waals surface area contributed by atoms with E-state index in [1.54, 1.807) is 12.1 Å². The lowest BCUT2D eigenvalue weighted by atomic mass is 9.90. The first-order chi connectivity index (χ1) is 11.2. The first-order valence-corrected chi connectivity index (χ1v) is 7.98. The molecule has 0 amide bonds. The highest BCUT2D eigenvalue weighted by molar-refractivity contribution is 6.16. The predicted molar refractivity (Wildman–Crippen MR) is 88.8 cm³/mol. The number of fused-ring (bicyclic) bond motifs is 1. The number of hydrogen-bond donors (Lipinski definition) is 1. The van der Waals surface area contributed by atoms with Gasteiger partial charge < -0.3 is 14.7 Å². The van der Waals surface area contributed by atoms with E-state index >= 15 is 0 Å². The highest BCUT2D eigenvalue weighted by Gasteiger charge is 2.53. The van der Waals surface area contributed by atoms with Crippen LogP contribution in [0.3, 0.4) is 0 Å². The van der Waals surface area contributed by atoms with Gasteiger partial charge in [-0.3, -0.25) is 4.79 Å². The number of aromatic hydroxyl groups is 1. The SMILES string of the molecule is COc1cc2c(cc1O)N(c1ccccc1)C1(CCCC1)C2=O. The number of methoxy groups -OCH3 is 1. The Morgan fingerprint density at radius 2 is 1.83 bits per heavy atom. The Morgan fingerprint density at radius 1 is 1.13 bits per heavy atom. The molecule has 0 saturated heterocycles. The summed E-state index contributed by atoms with van der Waals surface area (Å²) in [5.74, 6) is 0.558. The minimum absolute atomic E-state index is 0.0648. The average molecular weight is 309 g/mol. The van der Waals surface area contributed by atoms with Gasteiger partial charge in [0, 0.05) is 17.3 Å². The molecule has 4 nitrogen and oxygen atoms in total. The van der Waals surface area contributed by atoms with Gasteiger partial charge in [0.1, 0.15) is 5.54 Å². The molecule has 1 N–H and O–H groups in total. The van der Waals surface area contributed by atoms with Crippen LogP contribution < -0.4 is 9.64 Å². The van der Waals surface area contributed by atoms with Crippen LogP contribution in [0, 0.1) is 0 Å². The summed E-state index contributed by atoms with van der Waals surface area (Å²) in [5, 5.41) is 10.2. The normalized spacial score (nSPS) is 18.5. The van der Waals surface area contributed by atoms with Gasteiger partial charge in [-0.25, -0.2) is 0 Å². The van der Waals surface area contributed by atoms with Crippen LogP contribution in [0.2, 0.25) is 0 Å². The van der Waals surface area contributed by atoms with Gasteiger partial charge in [0.05, 0.1) is 12.8 Å². The number of phenolic OH excluding ortho intramolecular Hbond substituents is 1. The molecule has 0 atom stereocenters. The maximum absolute atomic E-state index is 13.2. The third-order valence-corrected chi connectivity index (χ3v) is 5.08. The minimum Gasteiger partial charge on any atom is -0.504 e. The molecular formula is C19H19NO3. The number of carbonyl (C=O) groups is 1. The van der Waals surface area contributed by atoms with Crippen LogP contribution in [0.5, 0.6) is 11.5 Å². The predicted octanol–water partition coefficient (Wildman–Crippen LogP) is 4.05. The zero-order valence-electron chi connectivity index (χ0n) is 13.1. The number of rotatable bonds is 2. The number of ether oxygens (including phenoxy) is 1. The van der Waals surface area contributed by atoms with Gasteiger partial charge in [0.2, 0.25) is 0 Å². The lowest BCUT2D eigenvalue weighted by Crippen LogP contribution is -2.45. The number of Topliss-reactive ketones (excluding diaryl/α,β-unsaturated/α-hetero) is 1. The van der Waals surface area contributed by atoms with Crippen molar-refractivity contribution in [2.75, 3.05) is 12.0 Å². The van der Waals surface area contributed by atoms with Gasteiger partial charge in [-0.1, -0.05) is 31.0 Å². The number of benzene rings is 2. The van der Waals surface area contributed by atoms with Crippen LogP contribution in [0.4, 0.5) is 11.4 Å². The van der Waals surface area contributed by atoms with Gasteiger partial charge in [0.15, 0.2) is 17.3 Å². The van der Waals surface area contributed by atoms with E-state index in [9.17, 15) is 9.90 Å². The van der Waals surface area contributed by atoms with Crippen molar-refractivity contribution < 1.29 is 14.6 Å². The molecule has 2 aliphatic rings. The number of hydrogen-bond acceptors (Lipinski definition) is 4. The molecule has 1 aliphatic heterocycles. The quantitative estimate of drug-likeness (QED) is 0.909. The molecule has 23 heavy (non-hydrogen) atoms. The highest BCUT2D eigenvalue weighted by Crippen LogP contribution is 2.53. The topological polar surface area (TPSA) is 49.8 Å². The van der Waals surface area contributed by atoms with E-state index in [2.05, 4.69) is 4.90 Å².